The predicted molar refractivity (Wildman–Crippen MR) is 84.0 cm³/mol. The van der Waals surface area contributed by atoms with E-state index in [2.05, 4.69) is 24.3 Å². The summed E-state index contributed by atoms with van der Waals surface area (Å²) in [5.41, 5.74) is 6.75. The van der Waals surface area contributed by atoms with E-state index in [9.17, 15) is 4.79 Å². The Morgan fingerprint density at radius 3 is 2.62 bits per heavy atom. The lowest BCUT2D eigenvalue weighted by molar-refractivity contribution is -0.133. The smallest absolute Gasteiger partial charge is 0.222 e. The van der Waals surface area contributed by atoms with E-state index in [4.69, 9.17) is 10.5 Å². The molecule has 2 rings (SSSR count). The van der Waals surface area contributed by atoms with Crippen molar-refractivity contribution in [3.05, 3.63) is 35.9 Å². The van der Waals surface area contributed by atoms with Crippen LogP contribution in [0.5, 0.6) is 0 Å². The molecule has 1 fully saturated rings. The first-order valence-electron chi connectivity index (χ1n) is 7.93. The topological polar surface area (TPSA) is 55.6 Å². The zero-order valence-corrected chi connectivity index (χ0v) is 12.7. The third-order valence-corrected chi connectivity index (χ3v) is 3.98. The summed E-state index contributed by atoms with van der Waals surface area (Å²) in [6.07, 6.45) is 4.51. The largest absolute Gasteiger partial charge is 0.378 e. The fraction of sp³-hybridized carbons (Fsp3) is 0.588. The Bertz CT molecular complexity index is 414. The monoisotopic (exact) mass is 290 g/mol. The Labute approximate surface area is 127 Å². The molecule has 1 saturated heterocycles. The normalized spacial score (nSPS) is 16.1. The van der Waals surface area contributed by atoms with Gasteiger partial charge in [0.1, 0.15) is 0 Å². The highest BCUT2D eigenvalue weighted by molar-refractivity contribution is 5.76. The second kappa shape index (κ2) is 8.80. The van der Waals surface area contributed by atoms with Crippen molar-refractivity contribution in [3.63, 3.8) is 0 Å². The summed E-state index contributed by atoms with van der Waals surface area (Å²) in [5, 5.41) is 0. The van der Waals surface area contributed by atoms with Crippen molar-refractivity contribution < 1.29 is 9.53 Å². The third-order valence-electron chi connectivity index (χ3n) is 3.98. The van der Waals surface area contributed by atoms with Gasteiger partial charge in [-0.2, -0.15) is 0 Å². The molecule has 1 aliphatic heterocycles. The fourth-order valence-electron chi connectivity index (χ4n) is 2.67. The minimum Gasteiger partial charge on any atom is -0.378 e. The van der Waals surface area contributed by atoms with Crippen molar-refractivity contribution >= 4 is 5.91 Å². The van der Waals surface area contributed by atoms with Crippen molar-refractivity contribution in [1.82, 2.24) is 4.90 Å². The number of hydrogen-bond acceptors (Lipinski definition) is 3. The number of amides is 1. The highest BCUT2D eigenvalue weighted by Gasteiger charge is 2.22. The number of likely N-dealkylation sites (tertiary alicyclic amines) is 1. The second-order valence-electron chi connectivity index (χ2n) is 5.58. The van der Waals surface area contributed by atoms with Crippen LogP contribution in [-0.4, -0.2) is 43.2 Å². The molecule has 0 radical (unpaired) electrons. The van der Waals surface area contributed by atoms with Gasteiger partial charge >= 0.3 is 0 Å². The van der Waals surface area contributed by atoms with Gasteiger partial charge in [0, 0.05) is 19.5 Å². The highest BCUT2D eigenvalue weighted by atomic mass is 16.5. The molecule has 1 aromatic carbocycles. The molecule has 0 aromatic heterocycles. The van der Waals surface area contributed by atoms with E-state index in [1.807, 2.05) is 11.0 Å². The summed E-state index contributed by atoms with van der Waals surface area (Å²) in [6, 6.07) is 10.4. The number of carbonyl (C=O) groups excluding carboxylic acids is 1. The van der Waals surface area contributed by atoms with Crippen LogP contribution in [0.2, 0.25) is 0 Å². The Hall–Kier alpha value is -1.39. The Morgan fingerprint density at radius 2 is 1.95 bits per heavy atom. The van der Waals surface area contributed by atoms with Crippen LogP contribution in [0.1, 0.15) is 31.2 Å². The van der Waals surface area contributed by atoms with Gasteiger partial charge in [0.2, 0.25) is 5.91 Å². The Morgan fingerprint density at radius 1 is 1.24 bits per heavy atom. The number of nitrogens with two attached hydrogens (primary N) is 1. The van der Waals surface area contributed by atoms with Crippen molar-refractivity contribution in [1.29, 1.82) is 0 Å². The molecule has 4 nitrogen and oxygen atoms in total. The Balaban J connectivity index is 1.62. The van der Waals surface area contributed by atoms with Crippen LogP contribution in [0.4, 0.5) is 0 Å². The number of piperidine rings is 1. The standard InChI is InChI=1S/C17H26N2O2/c18-11-4-7-17(20)19-12-8-16(9-13-19)21-14-10-15-5-2-1-3-6-15/h1-3,5-6,16H,4,7-14,18H2. The van der Waals surface area contributed by atoms with E-state index in [0.717, 1.165) is 45.4 Å². The maximum absolute atomic E-state index is 11.9. The first-order chi connectivity index (χ1) is 10.3. The molecule has 116 valence electrons. The minimum atomic E-state index is 0.239. The Kier molecular flexibility index (Phi) is 6.70. The van der Waals surface area contributed by atoms with Crippen LogP contribution in [0, 0.1) is 0 Å². The average Bonchev–Trinajstić information content (AvgIpc) is 2.54. The third kappa shape index (κ3) is 5.48. The van der Waals surface area contributed by atoms with Gasteiger partial charge in [0.15, 0.2) is 0 Å². The molecule has 21 heavy (non-hydrogen) atoms. The summed E-state index contributed by atoms with van der Waals surface area (Å²) in [4.78, 5) is 13.8. The van der Waals surface area contributed by atoms with Crippen molar-refractivity contribution in [3.8, 4) is 0 Å². The fourth-order valence-corrected chi connectivity index (χ4v) is 2.67. The number of carbonyl (C=O) groups is 1. The summed E-state index contributed by atoms with van der Waals surface area (Å²) >= 11 is 0. The lowest BCUT2D eigenvalue weighted by atomic mass is 10.1. The average molecular weight is 290 g/mol. The molecule has 2 N–H and O–H groups in total. The van der Waals surface area contributed by atoms with Gasteiger partial charge in [-0.15, -0.1) is 0 Å². The van der Waals surface area contributed by atoms with Crippen LogP contribution >= 0.6 is 0 Å². The molecule has 0 saturated carbocycles. The number of ether oxygens (including phenoxy) is 1. The molecule has 0 spiro atoms. The molecular weight excluding hydrogens is 264 g/mol. The molecule has 0 unspecified atom stereocenters. The van der Waals surface area contributed by atoms with E-state index in [0.29, 0.717) is 19.1 Å². The molecule has 0 atom stereocenters. The number of nitrogens with zero attached hydrogens (tertiary/aromatic N) is 1. The van der Waals surface area contributed by atoms with Gasteiger partial charge in [-0.25, -0.2) is 0 Å². The SMILES string of the molecule is NCCCC(=O)N1CCC(OCCc2ccccc2)CC1. The molecule has 1 aromatic rings. The van der Waals surface area contributed by atoms with E-state index < -0.39 is 0 Å². The van der Waals surface area contributed by atoms with Gasteiger partial charge < -0.3 is 15.4 Å². The zero-order valence-electron chi connectivity index (χ0n) is 12.7. The first-order valence-corrected chi connectivity index (χ1v) is 7.93. The van der Waals surface area contributed by atoms with Crippen molar-refractivity contribution in [2.75, 3.05) is 26.2 Å². The molecule has 1 aliphatic rings. The number of benzene rings is 1. The van der Waals surface area contributed by atoms with Crippen LogP contribution in [0.25, 0.3) is 0 Å². The zero-order chi connectivity index (χ0) is 14.9. The number of rotatable bonds is 7. The van der Waals surface area contributed by atoms with Crippen LogP contribution in [0.3, 0.4) is 0 Å². The highest BCUT2D eigenvalue weighted by Crippen LogP contribution is 2.15. The summed E-state index contributed by atoms with van der Waals surface area (Å²) in [6.45, 7) is 2.99. The van der Waals surface area contributed by atoms with Gasteiger partial charge in [0.25, 0.3) is 0 Å². The quantitative estimate of drug-likeness (QED) is 0.835. The predicted octanol–water partition coefficient (Wildman–Crippen LogP) is 1.98. The van der Waals surface area contributed by atoms with Crippen molar-refractivity contribution in [2.45, 2.75) is 38.2 Å². The summed E-state index contributed by atoms with van der Waals surface area (Å²) in [5.74, 6) is 0.239. The molecule has 1 amide bonds. The molecule has 0 aliphatic carbocycles. The first kappa shape index (κ1) is 16.0. The van der Waals surface area contributed by atoms with E-state index >= 15 is 0 Å². The maximum atomic E-state index is 11.9. The van der Waals surface area contributed by atoms with Crippen LogP contribution < -0.4 is 5.73 Å². The van der Waals surface area contributed by atoms with Crippen LogP contribution in [-0.2, 0) is 16.0 Å². The molecule has 4 heteroatoms. The van der Waals surface area contributed by atoms with Gasteiger partial charge in [0.05, 0.1) is 12.7 Å². The molecule has 1 heterocycles. The lowest BCUT2D eigenvalue weighted by Crippen LogP contribution is -2.41. The van der Waals surface area contributed by atoms with E-state index in [1.54, 1.807) is 0 Å². The maximum Gasteiger partial charge on any atom is 0.222 e. The molecule has 0 bridgehead atoms. The van der Waals surface area contributed by atoms with Gasteiger partial charge in [-0.1, -0.05) is 30.3 Å². The van der Waals surface area contributed by atoms with Crippen LogP contribution in [0.15, 0.2) is 30.3 Å². The van der Waals surface area contributed by atoms with Gasteiger partial charge in [-0.05, 0) is 37.8 Å². The minimum absolute atomic E-state index is 0.239. The van der Waals surface area contributed by atoms with Gasteiger partial charge in [-0.3, -0.25) is 4.79 Å². The lowest BCUT2D eigenvalue weighted by Gasteiger charge is -2.32. The second-order valence-corrected chi connectivity index (χ2v) is 5.58. The van der Waals surface area contributed by atoms with E-state index in [-0.39, 0.29) is 5.91 Å². The molecular formula is C17H26N2O2. The van der Waals surface area contributed by atoms with Crippen molar-refractivity contribution in [2.24, 2.45) is 5.73 Å². The number of hydrogen-bond donors (Lipinski definition) is 1. The summed E-state index contributed by atoms with van der Waals surface area (Å²) in [7, 11) is 0. The summed E-state index contributed by atoms with van der Waals surface area (Å²) < 4.78 is 5.94. The van der Waals surface area contributed by atoms with E-state index in [1.165, 1.54) is 5.56 Å².